The zero-order valence-corrected chi connectivity index (χ0v) is 13.0. The van der Waals surface area contributed by atoms with E-state index < -0.39 is 4.92 Å². The van der Waals surface area contributed by atoms with Crippen molar-refractivity contribution in [3.63, 3.8) is 0 Å². The predicted molar refractivity (Wildman–Crippen MR) is 83.5 cm³/mol. The van der Waals surface area contributed by atoms with Crippen LogP contribution in [-0.2, 0) is 0 Å². The van der Waals surface area contributed by atoms with Crippen molar-refractivity contribution in [2.45, 2.75) is 13.8 Å². The van der Waals surface area contributed by atoms with Crippen molar-refractivity contribution < 1.29 is 4.92 Å². The second-order valence-corrected chi connectivity index (χ2v) is 5.17. The summed E-state index contributed by atoms with van der Waals surface area (Å²) in [5, 5.41) is 14.8. The fourth-order valence-electron chi connectivity index (χ4n) is 1.69. The van der Waals surface area contributed by atoms with Crippen LogP contribution >= 0.6 is 15.9 Å². The Hall–Kier alpha value is -2.35. The quantitative estimate of drug-likeness (QED) is 0.519. The van der Waals surface area contributed by atoms with Gasteiger partial charge in [-0.25, -0.2) is 15.4 Å². The van der Waals surface area contributed by atoms with Gasteiger partial charge >= 0.3 is 0 Å². The molecule has 0 unspecified atom stereocenters. The largest absolute Gasteiger partial charge is 0.284 e. The number of aromatic nitrogens is 2. The average molecular weight is 350 g/mol. The van der Waals surface area contributed by atoms with Crippen LogP contribution in [0, 0.1) is 24.0 Å². The lowest BCUT2D eigenvalue weighted by molar-refractivity contribution is -0.385. The van der Waals surface area contributed by atoms with Gasteiger partial charge in [-0.1, -0.05) is 6.07 Å². The summed E-state index contributed by atoms with van der Waals surface area (Å²) in [4.78, 5) is 18.7. The van der Waals surface area contributed by atoms with E-state index in [0.29, 0.717) is 16.0 Å². The number of halogens is 1. The molecule has 108 valence electrons. The third kappa shape index (κ3) is 4.06. The van der Waals surface area contributed by atoms with Crippen LogP contribution in [0.1, 0.15) is 17.0 Å². The number of hydrogen-bond acceptors (Lipinski definition) is 6. The van der Waals surface area contributed by atoms with E-state index in [1.54, 1.807) is 12.1 Å². The normalized spacial score (nSPS) is 10.8. The monoisotopic (exact) mass is 349 g/mol. The van der Waals surface area contributed by atoms with Crippen LogP contribution < -0.4 is 5.43 Å². The Kier molecular flexibility index (Phi) is 4.59. The Balaban J connectivity index is 2.14. The second-order valence-electron chi connectivity index (χ2n) is 4.31. The van der Waals surface area contributed by atoms with Crippen LogP contribution in [0.5, 0.6) is 0 Å². The van der Waals surface area contributed by atoms with Gasteiger partial charge in [-0.05, 0) is 41.9 Å². The van der Waals surface area contributed by atoms with Crippen molar-refractivity contribution in [2.75, 3.05) is 5.43 Å². The molecule has 0 amide bonds. The molecule has 1 heterocycles. The average Bonchev–Trinajstić information content (AvgIpc) is 2.39. The van der Waals surface area contributed by atoms with Crippen molar-refractivity contribution in [2.24, 2.45) is 5.10 Å². The first kappa shape index (κ1) is 15.0. The molecule has 2 aromatic rings. The smallest absolute Gasteiger partial charge is 0.258 e. The molecule has 0 saturated carbocycles. The number of nitro groups is 1. The van der Waals surface area contributed by atoms with E-state index in [1.807, 2.05) is 19.9 Å². The van der Waals surface area contributed by atoms with E-state index in [9.17, 15) is 10.1 Å². The molecular formula is C13H12BrN5O2. The summed E-state index contributed by atoms with van der Waals surface area (Å²) in [6, 6.07) is 6.60. The van der Waals surface area contributed by atoms with Crippen LogP contribution in [0.25, 0.3) is 0 Å². The molecule has 7 nitrogen and oxygen atoms in total. The van der Waals surface area contributed by atoms with E-state index >= 15 is 0 Å². The van der Waals surface area contributed by atoms with E-state index in [4.69, 9.17) is 0 Å². The molecule has 0 aliphatic rings. The van der Waals surface area contributed by atoms with Gasteiger partial charge in [0.2, 0.25) is 5.95 Å². The molecule has 0 atom stereocenters. The van der Waals surface area contributed by atoms with Crippen LogP contribution in [0.4, 0.5) is 11.6 Å². The number of aryl methyl sites for hydroxylation is 2. The zero-order chi connectivity index (χ0) is 15.4. The number of rotatable bonds is 4. The molecule has 2 rings (SSSR count). The number of benzene rings is 1. The lowest BCUT2D eigenvalue weighted by Crippen LogP contribution is -2.00. The van der Waals surface area contributed by atoms with Crippen molar-refractivity contribution in [3.8, 4) is 0 Å². The lowest BCUT2D eigenvalue weighted by Gasteiger charge is -2.01. The molecule has 0 aliphatic carbocycles. The van der Waals surface area contributed by atoms with Gasteiger partial charge in [0.1, 0.15) is 0 Å². The highest BCUT2D eigenvalue weighted by atomic mass is 79.9. The maximum absolute atomic E-state index is 10.8. The third-order valence-electron chi connectivity index (χ3n) is 2.53. The standard InChI is InChI=1S/C13H12BrN5O2/c1-8-5-9(2)17-13(16-8)18-15-7-10-3-4-11(14)12(6-10)19(20)21/h3-7H,1-2H3,(H,16,17,18)/b15-7-. The first-order valence-corrected chi connectivity index (χ1v) is 6.80. The van der Waals surface area contributed by atoms with Crippen molar-refractivity contribution in [1.82, 2.24) is 9.97 Å². The van der Waals surface area contributed by atoms with E-state index in [-0.39, 0.29) is 5.69 Å². The highest BCUT2D eigenvalue weighted by molar-refractivity contribution is 9.10. The number of hydrazone groups is 1. The van der Waals surface area contributed by atoms with Gasteiger partial charge in [0.05, 0.1) is 15.6 Å². The first-order valence-electron chi connectivity index (χ1n) is 6.01. The zero-order valence-electron chi connectivity index (χ0n) is 11.4. The van der Waals surface area contributed by atoms with Gasteiger partial charge in [-0.15, -0.1) is 0 Å². The first-order chi connectivity index (χ1) is 9.95. The van der Waals surface area contributed by atoms with Crippen molar-refractivity contribution in [1.29, 1.82) is 0 Å². The SMILES string of the molecule is Cc1cc(C)nc(N/N=C\c2ccc(Br)c([N+](=O)[O-])c2)n1. The Morgan fingerprint density at radius 2 is 1.95 bits per heavy atom. The molecule has 0 bridgehead atoms. The van der Waals surface area contributed by atoms with Gasteiger partial charge < -0.3 is 0 Å². The van der Waals surface area contributed by atoms with E-state index in [1.165, 1.54) is 12.3 Å². The van der Waals surface area contributed by atoms with Crippen LogP contribution in [0.15, 0.2) is 33.8 Å². The van der Waals surface area contributed by atoms with Gasteiger partial charge in [0.15, 0.2) is 0 Å². The molecule has 1 N–H and O–H groups in total. The van der Waals surface area contributed by atoms with Gasteiger partial charge in [-0.3, -0.25) is 10.1 Å². The summed E-state index contributed by atoms with van der Waals surface area (Å²) < 4.78 is 0.426. The molecule has 1 aromatic heterocycles. The second kappa shape index (κ2) is 6.40. The molecule has 0 fully saturated rings. The molecule has 0 aliphatic heterocycles. The number of nitrogens with one attached hydrogen (secondary N) is 1. The molecule has 0 spiro atoms. The summed E-state index contributed by atoms with van der Waals surface area (Å²) in [5.74, 6) is 0.385. The molecule has 8 heteroatoms. The molecule has 0 radical (unpaired) electrons. The molecular weight excluding hydrogens is 338 g/mol. The summed E-state index contributed by atoms with van der Waals surface area (Å²) in [6.07, 6.45) is 1.47. The fraction of sp³-hybridized carbons (Fsp3) is 0.154. The Bertz CT molecular complexity index is 697. The Morgan fingerprint density at radius 1 is 1.29 bits per heavy atom. The summed E-state index contributed by atoms with van der Waals surface area (Å²) >= 11 is 3.13. The number of nitrogens with zero attached hydrogens (tertiary/aromatic N) is 4. The maximum atomic E-state index is 10.8. The van der Waals surface area contributed by atoms with Gasteiger partial charge in [0, 0.05) is 23.0 Å². The minimum absolute atomic E-state index is 0.0124. The summed E-state index contributed by atoms with van der Waals surface area (Å²) in [7, 11) is 0. The number of anilines is 1. The van der Waals surface area contributed by atoms with Gasteiger partial charge in [-0.2, -0.15) is 5.10 Å². The molecule has 21 heavy (non-hydrogen) atoms. The topological polar surface area (TPSA) is 93.3 Å². The van der Waals surface area contributed by atoms with E-state index in [0.717, 1.165) is 11.4 Å². The highest BCUT2D eigenvalue weighted by Gasteiger charge is 2.11. The lowest BCUT2D eigenvalue weighted by atomic mass is 10.2. The van der Waals surface area contributed by atoms with Crippen molar-refractivity contribution in [3.05, 3.63) is 55.8 Å². The van der Waals surface area contributed by atoms with E-state index in [2.05, 4.69) is 36.4 Å². The highest BCUT2D eigenvalue weighted by Crippen LogP contribution is 2.24. The Morgan fingerprint density at radius 3 is 2.57 bits per heavy atom. The molecule has 0 saturated heterocycles. The Labute approximate surface area is 129 Å². The van der Waals surface area contributed by atoms with Crippen LogP contribution in [-0.4, -0.2) is 21.1 Å². The minimum atomic E-state index is -0.456. The minimum Gasteiger partial charge on any atom is -0.258 e. The maximum Gasteiger partial charge on any atom is 0.284 e. The number of hydrogen-bond donors (Lipinski definition) is 1. The van der Waals surface area contributed by atoms with Crippen molar-refractivity contribution >= 4 is 33.8 Å². The predicted octanol–water partition coefficient (Wildman–Crippen LogP) is 3.21. The number of nitro benzene ring substituents is 1. The summed E-state index contributed by atoms with van der Waals surface area (Å²) in [6.45, 7) is 3.73. The fourth-order valence-corrected chi connectivity index (χ4v) is 2.08. The molecule has 1 aromatic carbocycles. The van der Waals surface area contributed by atoms with Crippen LogP contribution in [0.3, 0.4) is 0 Å². The van der Waals surface area contributed by atoms with Gasteiger partial charge in [0.25, 0.3) is 5.69 Å². The van der Waals surface area contributed by atoms with Crippen LogP contribution in [0.2, 0.25) is 0 Å². The summed E-state index contributed by atoms with van der Waals surface area (Å²) in [5.41, 5.74) is 4.96. The third-order valence-corrected chi connectivity index (χ3v) is 3.20.